The molecule has 3 atom stereocenters. The van der Waals surface area contributed by atoms with E-state index in [9.17, 15) is 5.11 Å². The quantitative estimate of drug-likeness (QED) is 0.818. The van der Waals surface area contributed by atoms with Gasteiger partial charge in [-0.05, 0) is 37.5 Å². The second-order valence-electron chi connectivity index (χ2n) is 4.63. The molecule has 0 bridgehead atoms. The highest BCUT2D eigenvalue weighted by Gasteiger charge is 2.49. The minimum atomic E-state index is 0.285. The number of benzene rings is 1. The molecule has 1 aromatic rings. The summed E-state index contributed by atoms with van der Waals surface area (Å²) in [5.41, 5.74) is 5.47. The van der Waals surface area contributed by atoms with E-state index in [0.29, 0.717) is 16.7 Å². The average Bonchev–Trinajstić information content (AvgIpc) is 2.75. The molecule has 0 saturated heterocycles. The summed E-state index contributed by atoms with van der Waals surface area (Å²) >= 11 is 3.64. The van der Waals surface area contributed by atoms with Crippen molar-refractivity contribution in [3.63, 3.8) is 0 Å². The van der Waals surface area contributed by atoms with E-state index in [0.717, 1.165) is 0 Å². The Labute approximate surface area is 99.6 Å². The first-order chi connectivity index (χ1) is 7.06. The van der Waals surface area contributed by atoms with Crippen molar-refractivity contribution in [2.24, 2.45) is 5.92 Å². The van der Waals surface area contributed by atoms with Crippen molar-refractivity contribution in [1.29, 1.82) is 0 Å². The molecule has 0 aromatic heterocycles. The van der Waals surface area contributed by atoms with E-state index in [-0.39, 0.29) is 6.61 Å². The molecule has 0 radical (unpaired) electrons. The Hall–Kier alpha value is -0.340. The van der Waals surface area contributed by atoms with Gasteiger partial charge in [0, 0.05) is 23.3 Å². The third-order valence-electron chi connectivity index (χ3n) is 3.35. The Bertz CT molecular complexity index is 363. The predicted octanol–water partition coefficient (Wildman–Crippen LogP) is 3.08. The number of alkyl halides is 1. The average molecular weight is 269 g/mol. The van der Waals surface area contributed by atoms with Crippen molar-refractivity contribution in [3.05, 3.63) is 34.4 Å². The van der Waals surface area contributed by atoms with Crippen LogP contribution in [0.15, 0.2) is 12.1 Å². The lowest BCUT2D eigenvalue weighted by Gasteiger charge is -2.10. The highest BCUT2D eigenvalue weighted by molar-refractivity contribution is 9.09. The summed E-state index contributed by atoms with van der Waals surface area (Å²) in [4.78, 5) is 0.461. The number of aliphatic hydroxyl groups excluding tert-OH is 1. The van der Waals surface area contributed by atoms with E-state index >= 15 is 0 Å². The number of rotatable bonds is 2. The van der Waals surface area contributed by atoms with Crippen molar-refractivity contribution in [3.8, 4) is 0 Å². The van der Waals surface area contributed by atoms with Gasteiger partial charge in [0.05, 0.1) is 0 Å². The molecule has 82 valence electrons. The molecule has 0 amide bonds. The normalized spacial score (nSPS) is 29.3. The molecule has 0 spiro atoms. The Kier molecular flexibility index (Phi) is 2.91. The summed E-state index contributed by atoms with van der Waals surface area (Å²) in [7, 11) is 0. The lowest BCUT2D eigenvalue weighted by atomic mass is 9.95. The second-order valence-corrected chi connectivity index (χ2v) is 5.69. The van der Waals surface area contributed by atoms with E-state index in [2.05, 4.69) is 48.8 Å². The van der Waals surface area contributed by atoms with Gasteiger partial charge in [-0.25, -0.2) is 0 Å². The number of halogens is 1. The van der Waals surface area contributed by atoms with Gasteiger partial charge in [0.15, 0.2) is 0 Å². The van der Waals surface area contributed by atoms with E-state index in [4.69, 9.17) is 0 Å². The lowest BCUT2D eigenvalue weighted by Crippen LogP contribution is -1.96. The van der Waals surface area contributed by atoms with Gasteiger partial charge in [-0.1, -0.05) is 33.6 Å². The van der Waals surface area contributed by atoms with Gasteiger partial charge >= 0.3 is 0 Å². The van der Waals surface area contributed by atoms with E-state index < -0.39 is 0 Å². The van der Waals surface area contributed by atoms with Gasteiger partial charge in [0.25, 0.3) is 0 Å². The minimum absolute atomic E-state index is 0.285. The molecule has 1 fully saturated rings. The first-order valence-electron chi connectivity index (χ1n) is 5.39. The maximum atomic E-state index is 9.21. The third kappa shape index (κ3) is 1.85. The third-order valence-corrected chi connectivity index (χ3v) is 4.60. The van der Waals surface area contributed by atoms with Gasteiger partial charge in [0.1, 0.15) is 0 Å². The highest BCUT2D eigenvalue weighted by atomic mass is 79.9. The van der Waals surface area contributed by atoms with Crippen LogP contribution in [0.1, 0.15) is 28.2 Å². The van der Waals surface area contributed by atoms with Crippen LogP contribution in [0.2, 0.25) is 0 Å². The van der Waals surface area contributed by atoms with Gasteiger partial charge in [-0.2, -0.15) is 0 Å². The fourth-order valence-corrected chi connectivity index (χ4v) is 3.61. The molecule has 15 heavy (non-hydrogen) atoms. The fourth-order valence-electron chi connectivity index (χ4n) is 2.64. The van der Waals surface area contributed by atoms with E-state index in [1.807, 2.05) is 0 Å². The van der Waals surface area contributed by atoms with Crippen LogP contribution in [0.5, 0.6) is 0 Å². The van der Waals surface area contributed by atoms with Gasteiger partial charge in [-0.3, -0.25) is 0 Å². The molecule has 2 heteroatoms. The van der Waals surface area contributed by atoms with Crippen LogP contribution in [0.25, 0.3) is 0 Å². The Balaban J connectivity index is 2.38. The van der Waals surface area contributed by atoms with Crippen LogP contribution in [-0.2, 0) is 0 Å². The summed E-state index contributed by atoms with van der Waals surface area (Å²) in [6.07, 6.45) is 0. The van der Waals surface area contributed by atoms with E-state index in [1.54, 1.807) is 0 Å². The summed E-state index contributed by atoms with van der Waals surface area (Å²) < 4.78 is 0. The molecule has 0 unspecified atom stereocenters. The molecule has 1 N–H and O–H groups in total. The van der Waals surface area contributed by atoms with Crippen LogP contribution in [0, 0.1) is 26.7 Å². The molecule has 1 aromatic carbocycles. The number of aliphatic hydroxyl groups is 1. The zero-order valence-electron chi connectivity index (χ0n) is 9.42. The molecule has 0 aliphatic heterocycles. The first kappa shape index (κ1) is 11.2. The molecule has 1 saturated carbocycles. The fraction of sp³-hybridized carbons (Fsp3) is 0.538. The minimum Gasteiger partial charge on any atom is -0.396 e. The topological polar surface area (TPSA) is 20.2 Å². The summed E-state index contributed by atoms with van der Waals surface area (Å²) in [5.74, 6) is 0.917. The standard InChI is InChI=1S/C13H17BrO/c1-7-4-8(2)11(9(3)5-7)12-10(6-15)13(12)14/h4-5,10,12-13,15H,6H2,1-3H3/t10-,12+,13+/m1/s1. The zero-order chi connectivity index (χ0) is 11.2. The van der Waals surface area contributed by atoms with Crippen molar-refractivity contribution in [1.82, 2.24) is 0 Å². The van der Waals surface area contributed by atoms with Crippen molar-refractivity contribution < 1.29 is 5.11 Å². The zero-order valence-corrected chi connectivity index (χ0v) is 11.0. The number of aryl methyl sites for hydroxylation is 3. The predicted molar refractivity (Wildman–Crippen MR) is 66.7 cm³/mol. The number of hydrogen-bond acceptors (Lipinski definition) is 1. The summed E-state index contributed by atoms with van der Waals surface area (Å²) in [6, 6.07) is 4.46. The largest absolute Gasteiger partial charge is 0.396 e. The van der Waals surface area contributed by atoms with Crippen LogP contribution in [0.4, 0.5) is 0 Å². The molecule has 1 aliphatic rings. The van der Waals surface area contributed by atoms with Crippen LogP contribution >= 0.6 is 15.9 Å². The highest BCUT2D eigenvalue weighted by Crippen LogP contribution is 2.54. The lowest BCUT2D eigenvalue weighted by molar-refractivity contribution is 0.274. The second kappa shape index (κ2) is 3.91. The SMILES string of the molecule is Cc1cc(C)c([C@H]2[C@@H](Br)[C@@H]2CO)c(C)c1. The summed E-state index contributed by atoms with van der Waals surface area (Å²) in [5, 5.41) is 9.21. The van der Waals surface area contributed by atoms with Gasteiger partial charge < -0.3 is 5.11 Å². The van der Waals surface area contributed by atoms with Crippen molar-refractivity contribution >= 4 is 15.9 Å². The van der Waals surface area contributed by atoms with Crippen LogP contribution in [0.3, 0.4) is 0 Å². The van der Waals surface area contributed by atoms with Crippen LogP contribution < -0.4 is 0 Å². The van der Waals surface area contributed by atoms with Crippen LogP contribution in [-0.4, -0.2) is 16.5 Å². The maximum absolute atomic E-state index is 9.21. The Morgan fingerprint density at radius 3 is 2.13 bits per heavy atom. The monoisotopic (exact) mass is 268 g/mol. The molecular formula is C13H17BrO. The first-order valence-corrected chi connectivity index (χ1v) is 6.30. The van der Waals surface area contributed by atoms with Gasteiger partial charge in [-0.15, -0.1) is 0 Å². The van der Waals surface area contributed by atoms with Gasteiger partial charge in [0.2, 0.25) is 0 Å². The molecule has 1 aliphatic carbocycles. The smallest absolute Gasteiger partial charge is 0.0476 e. The molecular weight excluding hydrogens is 252 g/mol. The van der Waals surface area contributed by atoms with E-state index in [1.165, 1.54) is 22.3 Å². The molecule has 0 heterocycles. The van der Waals surface area contributed by atoms with Crippen molar-refractivity contribution in [2.45, 2.75) is 31.5 Å². The maximum Gasteiger partial charge on any atom is 0.0476 e. The number of hydrogen-bond donors (Lipinski definition) is 1. The molecule has 1 nitrogen and oxygen atoms in total. The molecule has 2 rings (SSSR count). The van der Waals surface area contributed by atoms with Crippen molar-refractivity contribution in [2.75, 3.05) is 6.61 Å². The Morgan fingerprint density at radius 1 is 1.20 bits per heavy atom. The Morgan fingerprint density at radius 2 is 1.73 bits per heavy atom. The summed E-state index contributed by atoms with van der Waals surface area (Å²) in [6.45, 7) is 6.75.